The molecule has 4 rings (SSSR count). The number of halogens is 5. The third-order valence-electron chi connectivity index (χ3n) is 5.27. The fourth-order valence-electron chi connectivity index (χ4n) is 3.86. The average molecular weight is 501 g/mol. The van der Waals surface area contributed by atoms with E-state index >= 15 is 0 Å². The minimum Gasteiger partial charge on any atom is -0.279 e. The van der Waals surface area contributed by atoms with Gasteiger partial charge in [0, 0.05) is 31.2 Å². The Morgan fingerprint density at radius 2 is 1.07 bits per heavy atom. The second-order valence-electron chi connectivity index (χ2n) is 7.36. The van der Waals surface area contributed by atoms with E-state index in [9.17, 15) is 0 Å². The molecule has 1 heterocycles. The highest BCUT2D eigenvalue weighted by Gasteiger charge is 2.33. The Morgan fingerprint density at radius 1 is 0.600 bits per heavy atom. The molecule has 1 saturated heterocycles. The molecule has 0 aliphatic carbocycles. The van der Waals surface area contributed by atoms with Crippen LogP contribution in [0.4, 0.5) is 0 Å². The summed E-state index contributed by atoms with van der Waals surface area (Å²) < 4.78 is 0. The highest BCUT2D eigenvalue weighted by atomic mass is 35.5. The van der Waals surface area contributed by atoms with E-state index < -0.39 is 0 Å². The SMILES string of the molecule is Clc1ccc(C2N(Cc3ccc(Cl)c(Cl)c3)CCN2Cc2ccc(Cl)c(Cl)c2)cc1. The topological polar surface area (TPSA) is 6.48 Å². The summed E-state index contributed by atoms with van der Waals surface area (Å²) in [5.41, 5.74) is 3.44. The molecule has 0 N–H and O–H groups in total. The summed E-state index contributed by atoms with van der Waals surface area (Å²) >= 11 is 30.8. The van der Waals surface area contributed by atoms with Crippen molar-refractivity contribution in [3.8, 4) is 0 Å². The molecule has 0 saturated carbocycles. The summed E-state index contributed by atoms with van der Waals surface area (Å²) in [6, 6.07) is 19.6. The normalized spacial score (nSPS) is 15.8. The number of rotatable bonds is 5. The molecule has 30 heavy (non-hydrogen) atoms. The molecule has 0 radical (unpaired) electrons. The van der Waals surface area contributed by atoms with Gasteiger partial charge in [0.25, 0.3) is 0 Å². The first-order valence-electron chi connectivity index (χ1n) is 9.52. The first-order chi connectivity index (χ1) is 14.4. The van der Waals surface area contributed by atoms with Crippen LogP contribution in [-0.4, -0.2) is 22.9 Å². The summed E-state index contributed by atoms with van der Waals surface area (Å²) in [5.74, 6) is 0. The maximum atomic E-state index is 6.23. The second-order valence-corrected chi connectivity index (χ2v) is 9.43. The van der Waals surface area contributed by atoms with Crippen molar-refractivity contribution in [2.45, 2.75) is 19.3 Å². The Kier molecular flexibility index (Phi) is 7.16. The lowest BCUT2D eigenvalue weighted by Gasteiger charge is -2.31. The molecular weight excluding hydrogens is 482 g/mol. The maximum Gasteiger partial charge on any atom is 0.0892 e. The van der Waals surface area contributed by atoms with Crippen molar-refractivity contribution in [2.75, 3.05) is 13.1 Å². The smallest absolute Gasteiger partial charge is 0.0892 e. The van der Waals surface area contributed by atoms with Gasteiger partial charge in [0.1, 0.15) is 0 Å². The van der Waals surface area contributed by atoms with Gasteiger partial charge in [-0.3, -0.25) is 9.80 Å². The lowest BCUT2D eigenvalue weighted by atomic mass is 10.1. The Balaban J connectivity index is 1.61. The fraction of sp³-hybridized carbons (Fsp3) is 0.217. The zero-order valence-corrected chi connectivity index (χ0v) is 19.7. The summed E-state index contributed by atoms with van der Waals surface area (Å²) in [6.07, 6.45) is 0.103. The van der Waals surface area contributed by atoms with Crippen LogP contribution >= 0.6 is 58.0 Å². The van der Waals surface area contributed by atoms with E-state index in [4.69, 9.17) is 58.0 Å². The van der Waals surface area contributed by atoms with Crippen LogP contribution in [0.25, 0.3) is 0 Å². The van der Waals surface area contributed by atoms with Gasteiger partial charge in [-0.1, -0.05) is 82.3 Å². The van der Waals surface area contributed by atoms with Crippen LogP contribution in [-0.2, 0) is 13.1 Å². The van der Waals surface area contributed by atoms with Gasteiger partial charge in [-0.2, -0.15) is 0 Å². The lowest BCUT2D eigenvalue weighted by molar-refractivity contribution is 0.126. The van der Waals surface area contributed by atoms with Crippen molar-refractivity contribution in [3.05, 3.63) is 102 Å². The van der Waals surface area contributed by atoms with Gasteiger partial charge in [0.15, 0.2) is 0 Å². The molecule has 0 atom stereocenters. The van der Waals surface area contributed by atoms with Crippen LogP contribution in [0, 0.1) is 0 Å². The Labute approximate surface area is 201 Å². The summed E-state index contributed by atoms with van der Waals surface area (Å²) in [7, 11) is 0. The number of hydrogen-bond acceptors (Lipinski definition) is 2. The molecule has 3 aromatic rings. The van der Waals surface area contributed by atoms with Crippen LogP contribution in [0.2, 0.25) is 25.1 Å². The quantitative estimate of drug-likeness (QED) is 0.350. The highest BCUT2D eigenvalue weighted by Crippen LogP contribution is 2.35. The highest BCUT2D eigenvalue weighted by molar-refractivity contribution is 6.42. The molecular formula is C23H19Cl5N2. The van der Waals surface area contributed by atoms with E-state index in [0.717, 1.165) is 42.3 Å². The molecule has 1 aliphatic heterocycles. The predicted octanol–water partition coefficient (Wildman–Crippen LogP) is 7.97. The van der Waals surface area contributed by atoms with E-state index in [2.05, 4.69) is 21.9 Å². The van der Waals surface area contributed by atoms with Gasteiger partial charge >= 0.3 is 0 Å². The van der Waals surface area contributed by atoms with Crippen LogP contribution in [0.3, 0.4) is 0 Å². The molecule has 0 aromatic heterocycles. The number of hydrogen-bond donors (Lipinski definition) is 0. The monoisotopic (exact) mass is 498 g/mol. The van der Waals surface area contributed by atoms with E-state index in [1.54, 1.807) is 0 Å². The third-order valence-corrected chi connectivity index (χ3v) is 7.00. The van der Waals surface area contributed by atoms with E-state index in [-0.39, 0.29) is 6.17 Å². The van der Waals surface area contributed by atoms with Gasteiger partial charge in [-0.15, -0.1) is 0 Å². The standard InChI is InChI=1S/C23H19Cl5N2/c24-18-5-3-17(4-6-18)23-29(13-15-1-7-19(25)21(27)11-15)9-10-30(23)14-16-2-8-20(26)22(28)12-16/h1-8,11-12,23H,9-10,13-14H2. The Bertz CT molecular complexity index is 977. The first kappa shape index (κ1) is 22.2. The largest absolute Gasteiger partial charge is 0.279 e. The predicted molar refractivity (Wildman–Crippen MR) is 128 cm³/mol. The van der Waals surface area contributed by atoms with Crippen LogP contribution in [0.1, 0.15) is 22.9 Å². The number of benzene rings is 3. The van der Waals surface area contributed by atoms with E-state index in [1.807, 2.05) is 48.5 Å². The van der Waals surface area contributed by atoms with Crippen molar-refractivity contribution in [3.63, 3.8) is 0 Å². The molecule has 1 fully saturated rings. The molecule has 2 nitrogen and oxygen atoms in total. The van der Waals surface area contributed by atoms with Crippen molar-refractivity contribution in [1.29, 1.82) is 0 Å². The van der Waals surface area contributed by atoms with Gasteiger partial charge in [-0.05, 0) is 53.1 Å². The summed E-state index contributed by atoms with van der Waals surface area (Å²) in [5, 5.41) is 3.01. The Morgan fingerprint density at radius 3 is 1.50 bits per heavy atom. The van der Waals surface area contributed by atoms with Gasteiger partial charge in [-0.25, -0.2) is 0 Å². The Hall–Kier alpha value is -0.970. The van der Waals surface area contributed by atoms with Gasteiger partial charge in [0.05, 0.1) is 26.3 Å². The van der Waals surface area contributed by atoms with Crippen LogP contribution in [0.15, 0.2) is 60.7 Å². The summed E-state index contributed by atoms with van der Waals surface area (Å²) in [6.45, 7) is 3.38. The first-order valence-corrected chi connectivity index (χ1v) is 11.4. The molecule has 3 aromatic carbocycles. The maximum absolute atomic E-state index is 6.23. The van der Waals surface area contributed by atoms with Crippen molar-refractivity contribution >= 4 is 58.0 Å². The molecule has 156 valence electrons. The molecule has 0 bridgehead atoms. The molecule has 0 unspecified atom stereocenters. The van der Waals surface area contributed by atoms with Gasteiger partial charge in [0.2, 0.25) is 0 Å². The van der Waals surface area contributed by atoms with Crippen LogP contribution < -0.4 is 0 Å². The van der Waals surface area contributed by atoms with Crippen LogP contribution in [0.5, 0.6) is 0 Å². The number of nitrogens with zero attached hydrogens (tertiary/aromatic N) is 2. The second kappa shape index (κ2) is 9.67. The van der Waals surface area contributed by atoms with E-state index in [0.29, 0.717) is 20.1 Å². The molecule has 0 spiro atoms. The van der Waals surface area contributed by atoms with Crippen molar-refractivity contribution in [1.82, 2.24) is 9.80 Å². The van der Waals surface area contributed by atoms with Crippen molar-refractivity contribution < 1.29 is 0 Å². The average Bonchev–Trinajstić information content (AvgIpc) is 3.10. The molecule has 1 aliphatic rings. The van der Waals surface area contributed by atoms with E-state index in [1.165, 1.54) is 5.56 Å². The minimum atomic E-state index is 0.103. The van der Waals surface area contributed by atoms with Gasteiger partial charge < -0.3 is 0 Å². The fourth-order valence-corrected chi connectivity index (χ4v) is 4.63. The zero-order chi connectivity index (χ0) is 21.3. The zero-order valence-electron chi connectivity index (χ0n) is 16.0. The van der Waals surface area contributed by atoms with Crippen molar-refractivity contribution in [2.24, 2.45) is 0 Å². The third kappa shape index (κ3) is 5.08. The summed E-state index contributed by atoms with van der Waals surface area (Å²) in [4.78, 5) is 4.86. The molecule has 7 heteroatoms. The minimum absolute atomic E-state index is 0.103. The molecule has 0 amide bonds. The lowest BCUT2D eigenvalue weighted by Crippen LogP contribution is -2.30.